The quantitative estimate of drug-likeness (QED) is 0.880. The largest absolute Gasteiger partial charge is 0.316 e. The van der Waals surface area contributed by atoms with E-state index >= 15 is 0 Å². The summed E-state index contributed by atoms with van der Waals surface area (Å²) in [6.07, 6.45) is 2.70. The molecule has 0 saturated heterocycles. The molecule has 1 saturated carbocycles. The molecule has 0 aliphatic heterocycles. The molecule has 0 spiro atoms. The van der Waals surface area contributed by atoms with E-state index in [1.807, 2.05) is 11.3 Å². The topological polar surface area (TPSA) is 15.3 Å². The summed E-state index contributed by atoms with van der Waals surface area (Å²) in [5, 5.41) is 5.71. The predicted molar refractivity (Wildman–Crippen MR) is 80.0 cm³/mol. The number of nitrogens with zero attached hydrogens (tertiary/aromatic N) is 1. The smallest absolute Gasteiger partial charge is 0.0324 e. The maximum atomic E-state index is 3.54. The molecule has 18 heavy (non-hydrogen) atoms. The normalized spacial score (nSPS) is 26.9. The predicted octanol–water partition coefficient (Wildman–Crippen LogP) is 3.20. The van der Waals surface area contributed by atoms with Crippen molar-refractivity contribution >= 4 is 11.3 Å². The third kappa shape index (κ3) is 3.14. The molecule has 3 heteroatoms. The maximum absolute atomic E-state index is 3.54. The molecule has 2 nitrogen and oxygen atoms in total. The van der Waals surface area contributed by atoms with Crippen LogP contribution < -0.4 is 5.32 Å². The van der Waals surface area contributed by atoms with E-state index in [9.17, 15) is 0 Å². The van der Waals surface area contributed by atoms with E-state index in [1.54, 1.807) is 0 Å². The van der Waals surface area contributed by atoms with Gasteiger partial charge in [-0.15, -0.1) is 11.3 Å². The lowest BCUT2D eigenvalue weighted by Gasteiger charge is -2.32. The second kappa shape index (κ2) is 5.72. The minimum atomic E-state index is 0.448. The molecule has 1 aromatic heterocycles. The molecule has 1 heterocycles. The van der Waals surface area contributed by atoms with E-state index in [-0.39, 0.29) is 0 Å². The van der Waals surface area contributed by atoms with Crippen LogP contribution in [-0.2, 0) is 6.54 Å². The van der Waals surface area contributed by atoms with Crippen LogP contribution in [0.3, 0.4) is 0 Å². The molecule has 1 fully saturated rings. The van der Waals surface area contributed by atoms with Gasteiger partial charge in [0.15, 0.2) is 0 Å². The molecule has 0 amide bonds. The van der Waals surface area contributed by atoms with Crippen LogP contribution >= 0.6 is 11.3 Å². The molecular formula is C15H26N2S. The highest BCUT2D eigenvalue weighted by atomic mass is 32.1. The Bertz CT molecular complexity index is 359. The Balaban J connectivity index is 1.89. The zero-order chi connectivity index (χ0) is 13.2. The average Bonchev–Trinajstić information content (AvgIpc) is 2.87. The van der Waals surface area contributed by atoms with Crippen LogP contribution in [0.1, 0.15) is 31.6 Å². The first kappa shape index (κ1) is 14.0. The highest BCUT2D eigenvalue weighted by Gasteiger charge is 2.40. The van der Waals surface area contributed by atoms with E-state index in [4.69, 9.17) is 0 Å². The van der Waals surface area contributed by atoms with Gasteiger partial charge in [-0.1, -0.05) is 19.9 Å². The summed E-state index contributed by atoms with van der Waals surface area (Å²) in [6.45, 7) is 7.08. The third-order valence-electron chi connectivity index (χ3n) is 4.34. The minimum Gasteiger partial charge on any atom is -0.316 e. The molecule has 1 aliphatic rings. The van der Waals surface area contributed by atoms with Crippen molar-refractivity contribution in [1.29, 1.82) is 0 Å². The standard InChI is InChI=1S/C15H26N2S/c1-15(2)8-7-12(14(15)16-3)10-17(4)11-13-6-5-9-18-13/h5-6,9,12,14,16H,7-8,10-11H2,1-4H3. The first-order chi connectivity index (χ1) is 8.53. The Morgan fingerprint density at radius 3 is 2.89 bits per heavy atom. The Morgan fingerprint density at radius 1 is 1.50 bits per heavy atom. The monoisotopic (exact) mass is 266 g/mol. The van der Waals surface area contributed by atoms with Crippen LogP contribution in [0, 0.1) is 11.3 Å². The van der Waals surface area contributed by atoms with Gasteiger partial charge < -0.3 is 10.2 Å². The van der Waals surface area contributed by atoms with Gasteiger partial charge in [0.25, 0.3) is 0 Å². The van der Waals surface area contributed by atoms with Crippen molar-refractivity contribution in [3.63, 3.8) is 0 Å². The van der Waals surface area contributed by atoms with Crippen molar-refractivity contribution in [1.82, 2.24) is 10.2 Å². The summed E-state index contributed by atoms with van der Waals surface area (Å²) < 4.78 is 0. The van der Waals surface area contributed by atoms with E-state index in [1.165, 1.54) is 24.3 Å². The van der Waals surface area contributed by atoms with E-state index < -0.39 is 0 Å². The molecule has 0 radical (unpaired) electrons. The van der Waals surface area contributed by atoms with Gasteiger partial charge in [0.2, 0.25) is 0 Å². The Kier molecular flexibility index (Phi) is 4.46. The fraction of sp³-hybridized carbons (Fsp3) is 0.733. The lowest BCUT2D eigenvalue weighted by Crippen LogP contribution is -2.43. The van der Waals surface area contributed by atoms with Crippen molar-refractivity contribution in [2.45, 2.75) is 39.3 Å². The maximum Gasteiger partial charge on any atom is 0.0324 e. The summed E-state index contributed by atoms with van der Waals surface area (Å²) in [5.74, 6) is 0.787. The van der Waals surface area contributed by atoms with Crippen LogP contribution in [0.2, 0.25) is 0 Å². The number of hydrogen-bond donors (Lipinski definition) is 1. The average molecular weight is 266 g/mol. The molecule has 102 valence electrons. The van der Waals surface area contributed by atoms with Crippen LogP contribution in [0.5, 0.6) is 0 Å². The summed E-state index contributed by atoms with van der Waals surface area (Å²) in [6, 6.07) is 5.03. The highest BCUT2D eigenvalue weighted by molar-refractivity contribution is 7.09. The molecular weight excluding hydrogens is 240 g/mol. The van der Waals surface area contributed by atoms with Gasteiger partial charge in [-0.25, -0.2) is 0 Å². The molecule has 0 bridgehead atoms. The van der Waals surface area contributed by atoms with Crippen LogP contribution in [-0.4, -0.2) is 31.6 Å². The molecule has 0 aromatic carbocycles. The Labute approximate surface area is 115 Å². The first-order valence-electron chi connectivity index (χ1n) is 6.91. The highest BCUT2D eigenvalue weighted by Crippen LogP contribution is 2.41. The number of hydrogen-bond acceptors (Lipinski definition) is 3. The van der Waals surface area contributed by atoms with Crippen molar-refractivity contribution < 1.29 is 0 Å². The molecule has 2 unspecified atom stereocenters. The lowest BCUT2D eigenvalue weighted by molar-refractivity contribution is 0.208. The summed E-state index contributed by atoms with van der Waals surface area (Å²) >= 11 is 1.86. The van der Waals surface area contributed by atoms with Crippen LogP contribution in [0.25, 0.3) is 0 Å². The molecule has 2 rings (SSSR count). The van der Waals surface area contributed by atoms with E-state index in [0.717, 1.165) is 12.5 Å². The van der Waals surface area contributed by atoms with Crippen molar-refractivity contribution in [3.8, 4) is 0 Å². The van der Waals surface area contributed by atoms with Gasteiger partial charge in [0.05, 0.1) is 0 Å². The first-order valence-corrected chi connectivity index (χ1v) is 7.79. The van der Waals surface area contributed by atoms with Crippen molar-refractivity contribution in [3.05, 3.63) is 22.4 Å². The Morgan fingerprint density at radius 2 is 2.28 bits per heavy atom. The lowest BCUT2D eigenvalue weighted by atomic mass is 9.85. The fourth-order valence-electron chi connectivity index (χ4n) is 3.47. The third-order valence-corrected chi connectivity index (χ3v) is 5.20. The van der Waals surface area contributed by atoms with Gasteiger partial charge in [-0.3, -0.25) is 0 Å². The van der Waals surface area contributed by atoms with Crippen molar-refractivity contribution in [2.24, 2.45) is 11.3 Å². The molecule has 2 atom stereocenters. The molecule has 1 N–H and O–H groups in total. The van der Waals surface area contributed by atoms with E-state index in [2.05, 4.69) is 55.7 Å². The van der Waals surface area contributed by atoms with Crippen molar-refractivity contribution in [2.75, 3.05) is 20.6 Å². The van der Waals surface area contributed by atoms with E-state index in [0.29, 0.717) is 11.5 Å². The SMILES string of the molecule is CNC1C(CN(C)Cc2cccs2)CCC1(C)C. The van der Waals surface area contributed by atoms with Gasteiger partial charge in [0.1, 0.15) is 0 Å². The molecule has 1 aliphatic carbocycles. The Hall–Kier alpha value is -0.380. The summed E-state index contributed by atoms with van der Waals surface area (Å²) in [7, 11) is 4.36. The van der Waals surface area contributed by atoms with Gasteiger partial charge >= 0.3 is 0 Å². The summed E-state index contributed by atoms with van der Waals surface area (Å²) in [5.41, 5.74) is 0.448. The van der Waals surface area contributed by atoms with Crippen LogP contribution in [0.4, 0.5) is 0 Å². The number of rotatable bonds is 5. The van der Waals surface area contributed by atoms with Gasteiger partial charge in [-0.05, 0) is 49.7 Å². The zero-order valence-electron chi connectivity index (χ0n) is 12.1. The summed E-state index contributed by atoms with van der Waals surface area (Å²) in [4.78, 5) is 3.94. The molecule has 1 aromatic rings. The van der Waals surface area contributed by atoms with Gasteiger partial charge in [-0.2, -0.15) is 0 Å². The van der Waals surface area contributed by atoms with Crippen LogP contribution in [0.15, 0.2) is 17.5 Å². The zero-order valence-corrected chi connectivity index (χ0v) is 12.9. The minimum absolute atomic E-state index is 0.448. The fourth-order valence-corrected chi connectivity index (χ4v) is 4.26. The van der Waals surface area contributed by atoms with Gasteiger partial charge in [0, 0.05) is 24.0 Å². The number of nitrogens with one attached hydrogen (secondary N) is 1. The second-order valence-corrected chi connectivity index (χ2v) is 7.36. The second-order valence-electron chi connectivity index (χ2n) is 6.33. The number of thiophene rings is 1.